The first kappa shape index (κ1) is 12.8. The monoisotopic (exact) mass is 262 g/mol. The summed E-state index contributed by atoms with van der Waals surface area (Å²) in [5, 5.41) is 3.50. The zero-order chi connectivity index (χ0) is 13.2. The van der Waals surface area contributed by atoms with Gasteiger partial charge in [0.05, 0.1) is 0 Å². The van der Waals surface area contributed by atoms with Crippen molar-refractivity contribution < 1.29 is 9.47 Å². The third kappa shape index (κ3) is 2.55. The maximum absolute atomic E-state index is 5.69. The van der Waals surface area contributed by atoms with Gasteiger partial charge in [0.25, 0.3) is 0 Å². The molecule has 1 fully saturated rings. The van der Waals surface area contributed by atoms with Gasteiger partial charge in [-0.3, -0.25) is 0 Å². The van der Waals surface area contributed by atoms with Crippen LogP contribution < -0.4 is 14.8 Å². The van der Waals surface area contributed by atoms with Gasteiger partial charge in [0.15, 0.2) is 11.5 Å². The summed E-state index contributed by atoms with van der Waals surface area (Å²) in [5.74, 6) is 2.28. The van der Waals surface area contributed by atoms with Crippen molar-refractivity contribution in [3.63, 3.8) is 0 Å². The fraction of sp³-hybridized carbons (Fsp3) is 0.600. The lowest BCUT2D eigenvalue weighted by atomic mass is 9.86. The molecule has 0 amide bonds. The Morgan fingerprint density at radius 3 is 2.74 bits per heavy atom. The number of nitrogens with zero attached hydrogens (tertiary/aromatic N) is 1. The smallest absolute Gasteiger partial charge is 0.161 e. The molecule has 0 aliphatic carbocycles. The van der Waals surface area contributed by atoms with E-state index in [4.69, 9.17) is 9.47 Å². The average Bonchev–Trinajstić information content (AvgIpc) is 2.46. The standard InChI is InChI=1S/C15H22N2O2/c1-17(2)13-5-6-16-10-12(13)11-3-4-14-15(9-11)19-8-7-18-14/h3-4,9,12-13,16H,5-8,10H2,1-2H3. The van der Waals surface area contributed by atoms with Crippen molar-refractivity contribution in [1.29, 1.82) is 0 Å². The zero-order valence-electron chi connectivity index (χ0n) is 11.7. The van der Waals surface area contributed by atoms with Crippen LogP contribution in [0.3, 0.4) is 0 Å². The van der Waals surface area contributed by atoms with Crippen molar-refractivity contribution in [1.82, 2.24) is 10.2 Å². The number of hydrogen-bond acceptors (Lipinski definition) is 4. The number of hydrogen-bond donors (Lipinski definition) is 1. The fourth-order valence-corrected chi connectivity index (χ4v) is 3.09. The lowest BCUT2D eigenvalue weighted by Gasteiger charge is -2.37. The van der Waals surface area contributed by atoms with Gasteiger partial charge in [0.2, 0.25) is 0 Å². The van der Waals surface area contributed by atoms with Crippen molar-refractivity contribution >= 4 is 0 Å². The van der Waals surface area contributed by atoms with E-state index in [0.29, 0.717) is 25.2 Å². The molecule has 1 aromatic carbocycles. The number of piperidine rings is 1. The number of nitrogens with one attached hydrogen (secondary N) is 1. The summed E-state index contributed by atoms with van der Waals surface area (Å²) >= 11 is 0. The minimum absolute atomic E-state index is 0.513. The molecule has 104 valence electrons. The van der Waals surface area contributed by atoms with Gasteiger partial charge < -0.3 is 19.7 Å². The molecule has 1 saturated heterocycles. The Labute approximate surface area is 114 Å². The van der Waals surface area contributed by atoms with Gasteiger partial charge in [-0.2, -0.15) is 0 Å². The Hall–Kier alpha value is -1.26. The molecule has 19 heavy (non-hydrogen) atoms. The molecule has 2 unspecified atom stereocenters. The number of fused-ring (bicyclic) bond motifs is 1. The van der Waals surface area contributed by atoms with Crippen molar-refractivity contribution in [2.75, 3.05) is 40.4 Å². The third-order valence-corrected chi connectivity index (χ3v) is 4.10. The van der Waals surface area contributed by atoms with Crippen LogP contribution in [0, 0.1) is 0 Å². The SMILES string of the molecule is CN(C)C1CCNCC1c1ccc2c(c1)OCCO2. The lowest BCUT2D eigenvalue weighted by molar-refractivity contribution is 0.170. The molecule has 0 radical (unpaired) electrons. The summed E-state index contributed by atoms with van der Waals surface area (Å²) in [4.78, 5) is 2.34. The van der Waals surface area contributed by atoms with Crippen LogP contribution >= 0.6 is 0 Å². The summed E-state index contributed by atoms with van der Waals surface area (Å²) in [6.45, 7) is 3.43. The van der Waals surface area contributed by atoms with Gasteiger partial charge in [-0.15, -0.1) is 0 Å². The second-order valence-electron chi connectivity index (χ2n) is 5.53. The minimum Gasteiger partial charge on any atom is -0.486 e. The predicted molar refractivity (Wildman–Crippen MR) is 75.1 cm³/mol. The molecule has 2 aliphatic heterocycles. The van der Waals surface area contributed by atoms with Gasteiger partial charge in [-0.25, -0.2) is 0 Å². The van der Waals surface area contributed by atoms with E-state index in [2.05, 4.69) is 36.4 Å². The Morgan fingerprint density at radius 1 is 1.16 bits per heavy atom. The van der Waals surface area contributed by atoms with E-state index in [1.165, 1.54) is 12.0 Å². The average molecular weight is 262 g/mol. The molecule has 2 aliphatic rings. The number of rotatable bonds is 2. The number of benzene rings is 1. The van der Waals surface area contributed by atoms with Crippen LogP contribution in [0.5, 0.6) is 11.5 Å². The second-order valence-corrected chi connectivity index (χ2v) is 5.53. The highest BCUT2D eigenvalue weighted by Gasteiger charge is 2.28. The highest BCUT2D eigenvalue weighted by atomic mass is 16.6. The normalized spacial score (nSPS) is 26.5. The van der Waals surface area contributed by atoms with Gasteiger partial charge >= 0.3 is 0 Å². The van der Waals surface area contributed by atoms with Crippen LogP contribution in [0.4, 0.5) is 0 Å². The van der Waals surface area contributed by atoms with Crippen LogP contribution in [0.1, 0.15) is 17.9 Å². The molecule has 2 heterocycles. The van der Waals surface area contributed by atoms with E-state index in [1.807, 2.05) is 6.07 Å². The second kappa shape index (κ2) is 5.39. The first-order chi connectivity index (χ1) is 9.25. The molecular formula is C15H22N2O2. The maximum Gasteiger partial charge on any atom is 0.161 e. The van der Waals surface area contributed by atoms with E-state index in [-0.39, 0.29) is 0 Å². The van der Waals surface area contributed by atoms with Gasteiger partial charge in [0, 0.05) is 18.5 Å². The first-order valence-corrected chi connectivity index (χ1v) is 7.02. The van der Waals surface area contributed by atoms with Gasteiger partial charge in [-0.05, 0) is 44.8 Å². The Bertz CT molecular complexity index is 448. The van der Waals surface area contributed by atoms with E-state index in [0.717, 1.165) is 24.6 Å². The summed E-state index contributed by atoms with van der Waals surface area (Å²) in [6.07, 6.45) is 1.19. The van der Waals surface area contributed by atoms with E-state index in [9.17, 15) is 0 Å². The number of likely N-dealkylation sites (N-methyl/N-ethyl adjacent to an activating group) is 1. The molecule has 0 saturated carbocycles. The Morgan fingerprint density at radius 2 is 1.95 bits per heavy atom. The van der Waals surface area contributed by atoms with Gasteiger partial charge in [0.1, 0.15) is 13.2 Å². The van der Waals surface area contributed by atoms with Crippen molar-refractivity contribution in [2.24, 2.45) is 0 Å². The van der Waals surface area contributed by atoms with E-state index < -0.39 is 0 Å². The highest BCUT2D eigenvalue weighted by Crippen LogP contribution is 2.35. The molecule has 1 N–H and O–H groups in total. The topological polar surface area (TPSA) is 33.7 Å². The molecule has 0 aromatic heterocycles. The molecule has 2 atom stereocenters. The van der Waals surface area contributed by atoms with Crippen LogP contribution in [0.2, 0.25) is 0 Å². The molecule has 0 spiro atoms. The third-order valence-electron chi connectivity index (χ3n) is 4.10. The maximum atomic E-state index is 5.69. The van der Waals surface area contributed by atoms with Crippen LogP contribution in [0.15, 0.2) is 18.2 Å². The Balaban J connectivity index is 1.87. The predicted octanol–water partition coefficient (Wildman–Crippen LogP) is 1.46. The van der Waals surface area contributed by atoms with Crippen molar-refractivity contribution in [3.8, 4) is 11.5 Å². The number of ether oxygens (including phenoxy) is 2. The fourth-order valence-electron chi connectivity index (χ4n) is 3.09. The van der Waals surface area contributed by atoms with E-state index >= 15 is 0 Å². The van der Waals surface area contributed by atoms with Crippen LogP contribution in [-0.2, 0) is 0 Å². The summed E-state index contributed by atoms with van der Waals surface area (Å²) in [5.41, 5.74) is 1.34. The van der Waals surface area contributed by atoms with Gasteiger partial charge in [-0.1, -0.05) is 6.07 Å². The molecule has 3 rings (SSSR count). The summed E-state index contributed by atoms with van der Waals surface area (Å²) in [6, 6.07) is 6.97. The molecule has 4 heteroatoms. The Kier molecular flexibility index (Phi) is 3.62. The first-order valence-electron chi connectivity index (χ1n) is 7.02. The largest absolute Gasteiger partial charge is 0.486 e. The molecular weight excluding hydrogens is 240 g/mol. The van der Waals surface area contributed by atoms with Crippen LogP contribution in [-0.4, -0.2) is 51.3 Å². The summed E-state index contributed by atoms with van der Waals surface area (Å²) < 4.78 is 11.3. The lowest BCUT2D eigenvalue weighted by Crippen LogP contribution is -2.45. The minimum atomic E-state index is 0.513. The highest BCUT2D eigenvalue weighted by molar-refractivity contribution is 5.45. The quantitative estimate of drug-likeness (QED) is 0.875. The van der Waals surface area contributed by atoms with Crippen molar-refractivity contribution in [2.45, 2.75) is 18.4 Å². The molecule has 1 aromatic rings. The molecule has 0 bridgehead atoms. The zero-order valence-corrected chi connectivity index (χ0v) is 11.7. The van der Waals surface area contributed by atoms with E-state index in [1.54, 1.807) is 0 Å². The summed E-state index contributed by atoms with van der Waals surface area (Å²) in [7, 11) is 4.34. The van der Waals surface area contributed by atoms with Crippen LogP contribution in [0.25, 0.3) is 0 Å². The molecule has 4 nitrogen and oxygen atoms in total. The van der Waals surface area contributed by atoms with Crippen molar-refractivity contribution in [3.05, 3.63) is 23.8 Å².